The van der Waals surface area contributed by atoms with Crippen LogP contribution in [0.4, 0.5) is 11.5 Å². The van der Waals surface area contributed by atoms with Crippen molar-refractivity contribution in [1.82, 2.24) is 15.3 Å². The van der Waals surface area contributed by atoms with Crippen LogP contribution in [0.25, 0.3) is 0 Å². The van der Waals surface area contributed by atoms with E-state index in [-0.39, 0.29) is 5.91 Å². The van der Waals surface area contributed by atoms with Gasteiger partial charge in [-0.1, -0.05) is 32.0 Å². The Hall–Kier alpha value is -2.47. The second-order valence-corrected chi connectivity index (χ2v) is 6.21. The highest BCUT2D eigenvalue weighted by Gasteiger charge is 2.11. The predicted octanol–water partition coefficient (Wildman–Crippen LogP) is 3.42. The average Bonchev–Trinajstić information content (AvgIpc) is 2.60. The summed E-state index contributed by atoms with van der Waals surface area (Å²) in [7, 11) is 1.64. The molecule has 6 heteroatoms. The van der Waals surface area contributed by atoms with E-state index in [0.717, 1.165) is 17.7 Å². The van der Waals surface area contributed by atoms with Crippen molar-refractivity contribution in [3.8, 4) is 0 Å². The molecule has 2 rings (SSSR count). The number of amides is 1. The van der Waals surface area contributed by atoms with Crippen molar-refractivity contribution >= 4 is 17.4 Å². The number of benzene rings is 1. The lowest BCUT2D eigenvalue weighted by molar-refractivity contribution is 0.0943. The summed E-state index contributed by atoms with van der Waals surface area (Å²) in [4.78, 5) is 20.5. The van der Waals surface area contributed by atoms with Crippen LogP contribution >= 0.6 is 0 Å². The standard InChI is InChI=1S/C19H26N4O2/c1-13(2)15-8-5-7-14(3)18(15)23-17-12-21-16(11-22-17)19(24)20-9-6-10-25-4/h5,7-8,11-13H,6,9-10H2,1-4H3,(H,20,24)(H,22,23). The molecule has 0 aliphatic carbocycles. The number of nitrogens with zero attached hydrogens (tertiary/aromatic N) is 2. The average molecular weight is 342 g/mol. The van der Waals surface area contributed by atoms with E-state index in [1.54, 1.807) is 13.3 Å². The molecule has 6 nitrogen and oxygen atoms in total. The second kappa shape index (κ2) is 9.13. The quantitative estimate of drug-likeness (QED) is 0.719. The van der Waals surface area contributed by atoms with Gasteiger partial charge in [0.15, 0.2) is 0 Å². The van der Waals surface area contributed by atoms with Gasteiger partial charge in [0.25, 0.3) is 5.91 Å². The highest BCUT2D eigenvalue weighted by atomic mass is 16.5. The number of hydrogen-bond donors (Lipinski definition) is 2. The number of para-hydroxylation sites is 1. The van der Waals surface area contributed by atoms with Crippen molar-refractivity contribution in [2.24, 2.45) is 0 Å². The van der Waals surface area contributed by atoms with E-state index in [9.17, 15) is 4.79 Å². The van der Waals surface area contributed by atoms with Crippen molar-refractivity contribution in [1.29, 1.82) is 0 Å². The molecule has 0 radical (unpaired) electrons. The lowest BCUT2D eigenvalue weighted by atomic mass is 9.98. The van der Waals surface area contributed by atoms with Crippen molar-refractivity contribution in [3.63, 3.8) is 0 Å². The summed E-state index contributed by atoms with van der Waals surface area (Å²) in [5.74, 6) is 0.786. The van der Waals surface area contributed by atoms with Gasteiger partial charge in [-0.15, -0.1) is 0 Å². The van der Waals surface area contributed by atoms with Crippen LogP contribution in [-0.2, 0) is 4.74 Å². The van der Waals surface area contributed by atoms with E-state index in [4.69, 9.17) is 4.74 Å². The van der Waals surface area contributed by atoms with Crippen molar-refractivity contribution in [3.05, 3.63) is 47.4 Å². The molecule has 0 fully saturated rings. The Morgan fingerprint density at radius 2 is 2.04 bits per heavy atom. The topological polar surface area (TPSA) is 76.1 Å². The van der Waals surface area contributed by atoms with Gasteiger partial charge in [-0.2, -0.15) is 0 Å². The largest absolute Gasteiger partial charge is 0.385 e. The summed E-state index contributed by atoms with van der Waals surface area (Å²) in [6, 6.07) is 6.22. The molecule has 0 unspecified atom stereocenters. The molecule has 0 aliphatic heterocycles. The molecule has 1 aromatic heterocycles. The van der Waals surface area contributed by atoms with Gasteiger partial charge in [0.05, 0.1) is 12.4 Å². The second-order valence-electron chi connectivity index (χ2n) is 6.21. The summed E-state index contributed by atoms with van der Waals surface area (Å²) >= 11 is 0. The van der Waals surface area contributed by atoms with Gasteiger partial charge in [0, 0.05) is 25.9 Å². The molecule has 0 spiro atoms. The zero-order chi connectivity index (χ0) is 18.2. The minimum atomic E-state index is -0.228. The van der Waals surface area contributed by atoms with E-state index in [2.05, 4.69) is 59.6 Å². The summed E-state index contributed by atoms with van der Waals surface area (Å²) in [6.45, 7) is 7.54. The fourth-order valence-electron chi connectivity index (χ4n) is 2.49. The van der Waals surface area contributed by atoms with E-state index in [1.165, 1.54) is 11.8 Å². The first kappa shape index (κ1) is 18.9. The van der Waals surface area contributed by atoms with Gasteiger partial charge in [-0.25, -0.2) is 9.97 Å². The number of aromatic nitrogens is 2. The summed E-state index contributed by atoms with van der Waals surface area (Å²) in [5, 5.41) is 6.12. The molecule has 1 heterocycles. The highest BCUT2D eigenvalue weighted by Crippen LogP contribution is 2.29. The highest BCUT2D eigenvalue weighted by molar-refractivity contribution is 5.92. The van der Waals surface area contributed by atoms with Crippen LogP contribution in [-0.4, -0.2) is 36.1 Å². The number of carbonyl (C=O) groups is 1. The third-order valence-corrected chi connectivity index (χ3v) is 3.88. The number of anilines is 2. The first-order chi connectivity index (χ1) is 12.0. The van der Waals surface area contributed by atoms with Crippen LogP contribution in [0.15, 0.2) is 30.6 Å². The Morgan fingerprint density at radius 1 is 1.24 bits per heavy atom. The van der Waals surface area contributed by atoms with Crippen LogP contribution in [0.5, 0.6) is 0 Å². The van der Waals surface area contributed by atoms with E-state index in [1.807, 2.05) is 0 Å². The van der Waals surface area contributed by atoms with Gasteiger partial charge in [0.2, 0.25) is 0 Å². The SMILES string of the molecule is COCCCNC(=O)c1cnc(Nc2c(C)cccc2C(C)C)cn1. The lowest BCUT2D eigenvalue weighted by Crippen LogP contribution is -2.26. The monoisotopic (exact) mass is 342 g/mol. The van der Waals surface area contributed by atoms with Crippen LogP contribution in [0.2, 0.25) is 0 Å². The minimum absolute atomic E-state index is 0.228. The van der Waals surface area contributed by atoms with Gasteiger partial charge < -0.3 is 15.4 Å². The smallest absolute Gasteiger partial charge is 0.271 e. The Morgan fingerprint density at radius 3 is 2.68 bits per heavy atom. The Balaban J connectivity index is 2.05. The fraction of sp³-hybridized carbons (Fsp3) is 0.421. The van der Waals surface area contributed by atoms with Gasteiger partial charge in [-0.3, -0.25) is 4.79 Å². The zero-order valence-corrected chi connectivity index (χ0v) is 15.3. The molecule has 0 bridgehead atoms. The first-order valence-corrected chi connectivity index (χ1v) is 8.48. The Bertz CT molecular complexity index is 699. The third kappa shape index (κ3) is 5.26. The van der Waals surface area contributed by atoms with Gasteiger partial charge in [-0.05, 0) is 30.4 Å². The maximum Gasteiger partial charge on any atom is 0.271 e. The molecular weight excluding hydrogens is 316 g/mol. The molecule has 1 amide bonds. The third-order valence-electron chi connectivity index (χ3n) is 3.88. The van der Waals surface area contributed by atoms with E-state index in [0.29, 0.717) is 30.6 Å². The lowest BCUT2D eigenvalue weighted by Gasteiger charge is -2.16. The summed E-state index contributed by atoms with van der Waals surface area (Å²) in [5.41, 5.74) is 3.72. The maximum atomic E-state index is 12.0. The predicted molar refractivity (Wildman–Crippen MR) is 99.4 cm³/mol. The van der Waals surface area contributed by atoms with Crippen molar-refractivity contribution < 1.29 is 9.53 Å². The molecule has 134 valence electrons. The van der Waals surface area contributed by atoms with Gasteiger partial charge in [0.1, 0.15) is 11.5 Å². The molecule has 2 N–H and O–H groups in total. The number of methoxy groups -OCH3 is 1. The van der Waals surface area contributed by atoms with Crippen LogP contribution in [0.3, 0.4) is 0 Å². The first-order valence-electron chi connectivity index (χ1n) is 8.48. The molecule has 25 heavy (non-hydrogen) atoms. The van der Waals surface area contributed by atoms with Crippen molar-refractivity contribution in [2.75, 3.05) is 25.6 Å². The van der Waals surface area contributed by atoms with Crippen LogP contribution in [0.1, 0.15) is 47.8 Å². The number of carbonyl (C=O) groups excluding carboxylic acids is 1. The minimum Gasteiger partial charge on any atom is -0.385 e. The number of hydrogen-bond acceptors (Lipinski definition) is 5. The molecular formula is C19H26N4O2. The van der Waals surface area contributed by atoms with Gasteiger partial charge >= 0.3 is 0 Å². The van der Waals surface area contributed by atoms with Crippen LogP contribution in [0, 0.1) is 6.92 Å². The molecule has 0 saturated heterocycles. The summed E-state index contributed by atoms with van der Waals surface area (Å²) < 4.78 is 4.95. The number of rotatable bonds is 8. The maximum absolute atomic E-state index is 12.0. The molecule has 0 aliphatic rings. The zero-order valence-electron chi connectivity index (χ0n) is 15.3. The Kier molecular flexibility index (Phi) is 6.89. The molecule has 2 aromatic rings. The van der Waals surface area contributed by atoms with E-state index >= 15 is 0 Å². The number of aryl methyl sites for hydroxylation is 1. The summed E-state index contributed by atoms with van der Waals surface area (Å²) in [6.07, 6.45) is 3.84. The normalized spacial score (nSPS) is 10.8. The fourth-order valence-corrected chi connectivity index (χ4v) is 2.49. The number of ether oxygens (including phenoxy) is 1. The molecule has 1 aromatic carbocycles. The Labute approximate surface area is 149 Å². The van der Waals surface area contributed by atoms with Crippen molar-refractivity contribution in [2.45, 2.75) is 33.1 Å². The number of nitrogens with one attached hydrogen (secondary N) is 2. The van der Waals surface area contributed by atoms with E-state index < -0.39 is 0 Å². The molecule has 0 atom stereocenters. The molecule has 0 saturated carbocycles. The van der Waals surface area contributed by atoms with Crippen LogP contribution < -0.4 is 10.6 Å².